The van der Waals surface area contributed by atoms with Crippen molar-refractivity contribution in [3.05, 3.63) is 76.0 Å². The van der Waals surface area contributed by atoms with Crippen LogP contribution < -0.4 is 5.32 Å². The first-order valence-electron chi connectivity index (χ1n) is 7.69. The minimum absolute atomic E-state index is 0.197. The van der Waals surface area contributed by atoms with E-state index in [0.29, 0.717) is 0 Å². The third-order valence-corrected chi connectivity index (χ3v) is 4.86. The van der Waals surface area contributed by atoms with Gasteiger partial charge in [-0.05, 0) is 36.6 Å². The van der Waals surface area contributed by atoms with Gasteiger partial charge in [0.25, 0.3) is 0 Å². The Balaban J connectivity index is 1.73. The predicted octanol–water partition coefficient (Wildman–Crippen LogP) is 4.50. The van der Waals surface area contributed by atoms with Crippen LogP contribution in [0.15, 0.2) is 59.3 Å². The zero-order valence-electron chi connectivity index (χ0n) is 12.8. The molecule has 1 aromatic heterocycles. The molecule has 2 aromatic carbocycles. The van der Waals surface area contributed by atoms with E-state index < -0.39 is 0 Å². The molecule has 4 rings (SSSR count). The van der Waals surface area contributed by atoms with Gasteiger partial charge in [-0.1, -0.05) is 57.9 Å². The van der Waals surface area contributed by atoms with Crippen molar-refractivity contribution in [1.29, 1.82) is 0 Å². The first kappa shape index (κ1) is 14.5. The molecule has 0 unspecified atom stereocenters. The highest BCUT2D eigenvalue weighted by Gasteiger charge is 2.29. The zero-order chi connectivity index (χ0) is 15.8. The predicted molar refractivity (Wildman–Crippen MR) is 94.5 cm³/mol. The third kappa shape index (κ3) is 2.77. The highest BCUT2D eigenvalue weighted by Crippen LogP contribution is 2.37. The van der Waals surface area contributed by atoms with E-state index in [-0.39, 0.29) is 12.1 Å². The minimum Gasteiger partial charge on any atom is -0.348 e. The van der Waals surface area contributed by atoms with Crippen LogP contribution in [0.3, 0.4) is 0 Å². The van der Waals surface area contributed by atoms with Crippen LogP contribution in [0.25, 0.3) is 0 Å². The number of benzene rings is 2. The van der Waals surface area contributed by atoms with Crippen molar-refractivity contribution in [2.75, 3.05) is 5.32 Å². The molecule has 1 aliphatic heterocycles. The van der Waals surface area contributed by atoms with Crippen LogP contribution in [0, 0.1) is 6.92 Å². The maximum absolute atomic E-state index is 4.42. The average Bonchev–Trinajstić information content (AvgIpc) is 3.03. The lowest BCUT2D eigenvalue weighted by molar-refractivity contribution is 0.430. The van der Waals surface area contributed by atoms with Crippen molar-refractivity contribution in [1.82, 2.24) is 14.8 Å². The molecule has 2 atom stereocenters. The Bertz CT molecular complexity index is 825. The maximum atomic E-state index is 4.42. The third-order valence-electron chi connectivity index (χ3n) is 4.33. The van der Waals surface area contributed by atoms with Crippen LogP contribution in [-0.4, -0.2) is 14.8 Å². The highest BCUT2D eigenvalue weighted by molar-refractivity contribution is 9.10. The van der Waals surface area contributed by atoms with Crippen LogP contribution in [-0.2, 0) is 0 Å². The number of nitrogens with one attached hydrogen (secondary N) is 1. The van der Waals surface area contributed by atoms with Gasteiger partial charge in [-0.25, -0.2) is 4.68 Å². The molecule has 0 radical (unpaired) electrons. The molecule has 2 heterocycles. The summed E-state index contributed by atoms with van der Waals surface area (Å²) < 4.78 is 3.08. The van der Waals surface area contributed by atoms with Crippen molar-refractivity contribution in [2.45, 2.75) is 25.4 Å². The quantitative estimate of drug-likeness (QED) is 0.724. The summed E-state index contributed by atoms with van der Waals surface area (Å²) >= 11 is 3.50. The van der Waals surface area contributed by atoms with E-state index in [1.54, 1.807) is 6.33 Å². The van der Waals surface area contributed by atoms with Crippen LogP contribution in [0.2, 0.25) is 0 Å². The number of fused-ring (bicyclic) bond motifs is 1. The molecule has 1 aliphatic rings. The van der Waals surface area contributed by atoms with Gasteiger partial charge in [0.1, 0.15) is 6.33 Å². The molecule has 4 nitrogen and oxygen atoms in total. The van der Waals surface area contributed by atoms with Crippen molar-refractivity contribution in [3.8, 4) is 0 Å². The first-order valence-corrected chi connectivity index (χ1v) is 8.48. The normalized spacial score (nSPS) is 19.9. The van der Waals surface area contributed by atoms with Gasteiger partial charge in [0, 0.05) is 4.47 Å². The molecular weight excluding hydrogens is 352 g/mol. The highest BCUT2D eigenvalue weighted by atomic mass is 79.9. The summed E-state index contributed by atoms with van der Waals surface area (Å²) in [6.45, 7) is 2.12. The van der Waals surface area contributed by atoms with Crippen molar-refractivity contribution in [3.63, 3.8) is 0 Å². The number of anilines is 1. The SMILES string of the molecule is Cc1cccc([C@@H]2C[C@@H](c3ccc(Br)cc3)Nc3ncnn32)c1. The summed E-state index contributed by atoms with van der Waals surface area (Å²) in [6.07, 6.45) is 2.57. The Morgan fingerprint density at radius 3 is 2.74 bits per heavy atom. The van der Waals surface area contributed by atoms with E-state index >= 15 is 0 Å². The first-order chi connectivity index (χ1) is 11.2. The molecule has 0 spiro atoms. The van der Waals surface area contributed by atoms with Crippen LogP contribution in [0.5, 0.6) is 0 Å². The molecule has 0 amide bonds. The molecule has 0 saturated heterocycles. The lowest BCUT2D eigenvalue weighted by Crippen LogP contribution is -2.28. The second-order valence-corrected chi connectivity index (χ2v) is 6.86. The van der Waals surface area contributed by atoms with Gasteiger partial charge in [-0.15, -0.1) is 0 Å². The summed E-state index contributed by atoms with van der Waals surface area (Å²) in [5, 5.41) is 7.92. The molecule has 1 N–H and O–H groups in total. The Hall–Kier alpha value is -2.14. The fraction of sp³-hybridized carbons (Fsp3) is 0.222. The number of aromatic nitrogens is 3. The van der Waals surface area contributed by atoms with Crippen LogP contribution >= 0.6 is 15.9 Å². The lowest BCUT2D eigenvalue weighted by atomic mass is 9.93. The van der Waals surface area contributed by atoms with E-state index in [9.17, 15) is 0 Å². The van der Waals surface area contributed by atoms with Gasteiger partial charge in [0.15, 0.2) is 0 Å². The zero-order valence-corrected chi connectivity index (χ0v) is 14.4. The van der Waals surface area contributed by atoms with E-state index in [1.807, 2.05) is 4.68 Å². The van der Waals surface area contributed by atoms with Gasteiger partial charge in [0.2, 0.25) is 5.95 Å². The van der Waals surface area contributed by atoms with E-state index in [1.165, 1.54) is 16.7 Å². The second kappa shape index (κ2) is 5.81. The van der Waals surface area contributed by atoms with Gasteiger partial charge < -0.3 is 5.32 Å². The molecule has 0 fully saturated rings. The molecule has 3 aromatic rings. The smallest absolute Gasteiger partial charge is 0.222 e. The Morgan fingerprint density at radius 2 is 1.96 bits per heavy atom. The number of hydrogen-bond acceptors (Lipinski definition) is 3. The topological polar surface area (TPSA) is 42.7 Å². The summed E-state index contributed by atoms with van der Waals surface area (Å²) in [5.74, 6) is 0.829. The second-order valence-electron chi connectivity index (χ2n) is 5.94. The minimum atomic E-state index is 0.197. The largest absolute Gasteiger partial charge is 0.348 e. The van der Waals surface area contributed by atoms with Gasteiger partial charge in [-0.2, -0.15) is 10.1 Å². The van der Waals surface area contributed by atoms with Gasteiger partial charge in [-0.3, -0.25) is 0 Å². The molecule has 0 saturated carbocycles. The molecule has 0 bridgehead atoms. The standard InChI is InChI=1S/C18H17BrN4/c1-12-3-2-4-14(9-12)17-10-16(13-5-7-15(19)8-6-13)22-18-20-11-21-23(17)18/h2-9,11,16-17H,10H2,1H3,(H,20,21,22)/t16-,17-/m0/s1. The summed E-state index contributed by atoms with van der Waals surface area (Å²) in [6, 6.07) is 17.5. The van der Waals surface area contributed by atoms with Gasteiger partial charge in [0.05, 0.1) is 12.1 Å². The molecule has 5 heteroatoms. The van der Waals surface area contributed by atoms with Crippen molar-refractivity contribution >= 4 is 21.9 Å². The Labute approximate surface area is 143 Å². The van der Waals surface area contributed by atoms with E-state index in [2.05, 4.69) is 86.8 Å². The fourth-order valence-corrected chi connectivity index (χ4v) is 3.45. The number of halogens is 1. The van der Waals surface area contributed by atoms with Crippen LogP contribution in [0.1, 0.15) is 35.2 Å². The Morgan fingerprint density at radius 1 is 1.13 bits per heavy atom. The molecule has 116 valence electrons. The summed E-state index contributed by atoms with van der Waals surface area (Å²) in [7, 11) is 0. The van der Waals surface area contributed by atoms with Crippen molar-refractivity contribution < 1.29 is 0 Å². The number of hydrogen-bond donors (Lipinski definition) is 1. The Kier molecular flexibility index (Phi) is 3.65. The summed E-state index contributed by atoms with van der Waals surface area (Å²) in [5.41, 5.74) is 3.81. The summed E-state index contributed by atoms with van der Waals surface area (Å²) in [4.78, 5) is 4.38. The average molecular weight is 369 g/mol. The monoisotopic (exact) mass is 368 g/mol. The van der Waals surface area contributed by atoms with E-state index in [4.69, 9.17) is 0 Å². The molecular formula is C18H17BrN4. The molecule has 23 heavy (non-hydrogen) atoms. The number of nitrogens with zero attached hydrogens (tertiary/aromatic N) is 3. The number of rotatable bonds is 2. The van der Waals surface area contributed by atoms with Crippen LogP contribution in [0.4, 0.5) is 5.95 Å². The van der Waals surface area contributed by atoms with Crippen molar-refractivity contribution in [2.24, 2.45) is 0 Å². The number of aryl methyl sites for hydroxylation is 1. The lowest BCUT2D eigenvalue weighted by Gasteiger charge is -2.32. The van der Waals surface area contributed by atoms with Gasteiger partial charge >= 0.3 is 0 Å². The maximum Gasteiger partial charge on any atom is 0.222 e. The van der Waals surface area contributed by atoms with E-state index in [0.717, 1.165) is 16.8 Å². The molecule has 0 aliphatic carbocycles. The fourth-order valence-electron chi connectivity index (χ4n) is 3.19.